The molecule has 1 aromatic heterocycles. The Balaban J connectivity index is 1.47. The van der Waals surface area contributed by atoms with Crippen molar-refractivity contribution in [2.45, 2.75) is 17.5 Å². The lowest BCUT2D eigenvalue weighted by Gasteiger charge is -2.35. The number of H-pyrrole nitrogens is 1. The maximum absolute atomic E-state index is 13.1. The van der Waals surface area contributed by atoms with Crippen LogP contribution in [0.25, 0.3) is 10.9 Å². The molecule has 0 aliphatic carbocycles. The van der Waals surface area contributed by atoms with Crippen LogP contribution in [0.4, 0.5) is 18.9 Å². The topological polar surface area (TPSA) is 93.7 Å². The zero-order valence-corrected chi connectivity index (χ0v) is 17.6. The van der Waals surface area contributed by atoms with Crippen molar-refractivity contribution in [3.05, 3.63) is 59.8 Å². The number of carboxylic acids is 1. The van der Waals surface area contributed by atoms with Crippen LogP contribution in [-0.4, -0.2) is 55.0 Å². The minimum Gasteiger partial charge on any atom is -0.481 e. The van der Waals surface area contributed by atoms with Gasteiger partial charge >= 0.3 is 12.1 Å². The largest absolute Gasteiger partial charge is 0.481 e. The van der Waals surface area contributed by atoms with Gasteiger partial charge in [-0.2, -0.15) is 17.5 Å². The van der Waals surface area contributed by atoms with Crippen molar-refractivity contribution < 1.29 is 31.5 Å². The van der Waals surface area contributed by atoms with Crippen LogP contribution in [0, 0.1) is 0 Å². The molecule has 2 heterocycles. The van der Waals surface area contributed by atoms with E-state index in [4.69, 9.17) is 5.11 Å². The molecule has 0 amide bonds. The second kappa shape index (κ2) is 8.14. The lowest BCUT2D eigenvalue weighted by molar-refractivity contribution is -0.138. The van der Waals surface area contributed by atoms with Gasteiger partial charge in [-0.15, -0.1) is 0 Å². The predicted octanol–water partition coefficient (Wildman–Crippen LogP) is 3.32. The summed E-state index contributed by atoms with van der Waals surface area (Å²) in [5, 5.41) is 9.63. The average Bonchev–Trinajstić information content (AvgIpc) is 3.15. The number of aromatic nitrogens is 1. The zero-order valence-electron chi connectivity index (χ0n) is 16.8. The van der Waals surface area contributed by atoms with Crippen LogP contribution in [0.3, 0.4) is 0 Å². The summed E-state index contributed by atoms with van der Waals surface area (Å²) >= 11 is 0. The number of aliphatic carboxylic acids is 1. The number of fused-ring (bicyclic) bond motifs is 1. The number of hydrogen-bond donors (Lipinski definition) is 2. The molecule has 1 aliphatic heterocycles. The number of anilines is 1. The molecule has 0 atom stereocenters. The first-order valence-corrected chi connectivity index (χ1v) is 11.2. The molecule has 1 aliphatic rings. The second-order valence-corrected chi connectivity index (χ2v) is 9.47. The number of hydrogen-bond acceptors (Lipinski definition) is 4. The van der Waals surface area contributed by atoms with Crippen molar-refractivity contribution in [1.82, 2.24) is 9.29 Å². The number of nitrogens with zero attached hydrogens (tertiary/aromatic N) is 2. The van der Waals surface area contributed by atoms with E-state index in [0.29, 0.717) is 35.2 Å². The molecule has 1 saturated heterocycles. The molecule has 1 fully saturated rings. The van der Waals surface area contributed by atoms with Gasteiger partial charge in [0, 0.05) is 49.0 Å². The lowest BCUT2D eigenvalue weighted by Crippen LogP contribution is -2.48. The van der Waals surface area contributed by atoms with Gasteiger partial charge in [0.2, 0.25) is 10.0 Å². The Hall–Kier alpha value is -3.05. The van der Waals surface area contributed by atoms with Crippen LogP contribution in [0.15, 0.2) is 53.6 Å². The number of aromatic amines is 1. The summed E-state index contributed by atoms with van der Waals surface area (Å²) in [6.07, 6.45) is -3.02. The number of alkyl halides is 3. The number of piperazine rings is 1. The number of carbonyl (C=O) groups is 1. The van der Waals surface area contributed by atoms with E-state index in [0.717, 1.165) is 12.1 Å². The Morgan fingerprint density at radius 1 is 1.03 bits per heavy atom. The monoisotopic (exact) mass is 467 g/mol. The smallest absolute Gasteiger partial charge is 0.416 e. The summed E-state index contributed by atoms with van der Waals surface area (Å²) in [7, 11) is -3.78. The summed E-state index contributed by atoms with van der Waals surface area (Å²) in [5.74, 6) is -0.978. The first-order valence-electron chi connectivity index (χ1n) is 9.80. The molecule has 0 spiro atoms. The summed E-state index contributed by atoms with van der Waals surface area (Å²) < 4.78 is 65.8. The van der Waals surface area contributed by atoms with Gasteiger partial charge in [-0.25, -0.2) is 8.42 Å². The van der Waals surface area contributed by atoms with Gasteiger partial charge in [-0.1, -0.05) is 6.07 Å². The summed E-state index contributed by atoms with van der Waals surface area (Å²) in [5.41, 5.74) is 0.981. The van der Waals surface area contributed by atoms with Gasteiger partial charge in [0.05, 0.1) is 16.9 Å². The molecule has 0 saturated carbocycles. The van der Waals surface area contributed by atoms with E-state index in [1.807, 2.05) is 4.90 Å². The van der Waals surface area contributed by atoms with Crippen molar-refractivity contribution >= 4 is 32.6 Å². The van der Waals surface area contributed by atoms with Gasteiger partial charge in [0.25, 0.3) is 0 Å². The Morgan fingerprint density at radius 3 is 2.28 bits per heavy atom. The molecule has 0 unspecified atom stereocenters. The number of benzene rings is 2. The highest BCUT2D eigenvalue weighted by Gasteiger charge is 2.31. The molecular formula is C21H20F3N3O4S. The van der Waals surface area contributed by atoms with Gasteiger partial charge in [0.1, 0.15) is 0 Å². The van der Waals surface area contributed by atoms with Crippen LogP contribution in [-0.2, 0) is 27.4 Å². The fourth-order valence-electron chi connectivity index (χ4n) is 3.83. The van der Waals surface area contributed by atoms with Crippen molar-refractivity contribution in [3.63, 3.8) is 0 Å². The Kier molecular flexibility index (Phi) is 5.63. The second-order valence-electron chi connectivity index (χ2n) is 7.53. The zero-order chi connectivity index (χ0) is 23.1. The van der Waals surface area contributed by atoms with Crippen molar-refractivity contribution in [2.75, 3.05) is 31.1 Å². The molecule has 170 valence electrons. The Morgan fingerprint density at radius 2 is 1.69 bits per heavy atom. The number of nitrogens with one attached hydrogen (secondary N) is 1. The lowest BCUT2D eigenvalue weighted by atomic mass is 10.1. The average molecular weight is 467 g/mol. The third-order valence-electron chi connectivity index (χ3n) is 5.52. The van der Waals surface area contributed by atoms with Crippen molar-refractivity contribution in [2.24, 2.45) is 0 Å². The minimum atomic E-state index is -4.40. The van der Waals surface area contributed by atoms with E-state index in [-0.39, 0.29) is 24.4 Å². The van der Waals surface area contributed by atoms with E-state index in [2.05, 4.69) is 4.98 Å². The maximum Gasteiger partial charge on any atom is 0.416 e. The van der Waals surface area contributed by atoms with E-state index in [1.165, 1.54) is 28.6 Å². The summed E-state index contributed by atoms with van der Waals surface area (Å²) in [4.78, 5) is 15.8. The van der Waals surface area contributed by atoms with Gasteiger partial charge in [0.15, 0.2) is 0 Å². The van der Waals surface area contributed by atoms with E-state index in [9.17, 15) is 26.4 Å². The standard InChI is InChI=1S/C21H20F3N3O4S/c22-21(23,24)15-1-3-16(4-2-15)26-7-9-27(10-8-26)32(30,31)17-5-6-18-14(11-20(28)29)13-25-19(18)12-17/h1-6,12-13,25H,7-11H2,(H,28,29). The molecular weight excluding hydrogens is 447 g/mol. The molecule has 0 bridgehead atoms. The molecule has 32 heavy (non-hydrogen) atoms. The van der Waals surface area contributed by atoms with E-state index in [1.54, 1.807) is 12.3 Å². The molecule has 11 heteroatoms. The first kappa shape index (κ1) is 22.2. The highest BCUT2D eigenvalue weighted by Crippen LogP contribution is 2.31. The SMILES string of the molecule is O=C(O)Cc1c[nH]c2cc(S(=O)(=O)N3CCN(c4ccc(C(F)(F)F)cc4)CC3)ccc12. The molecule has 2 N–H and O–H groups in total. The van der Waals surface area contributed by atoms with E-state index < -0.39 is 27.7 Å². The summed E-state index contributed by atoms with van der Waals surface area (Å²) in [6.45, 7) is 1.07. The first-order chi connectivity index (χ1) is 15.1. The quantitative estimate of drug-likeness (QED) is 0.601. The normalized spacial score (nSPS) is 15.9. The third-order valence-corrected chi connectivity index (χ3v) is 7.41. The van der Waals surface area contributed by atoms with Crippen LogP contribution in [0.2, 0.25) is 0 Å². The highest BCUT2D eigenvalue weighted by molar-refractivity contribution is 7.89. The number of rotatable bonds is 5. The maximum atomic E-state index is 13.1. The van der Waals surface area contributed by atoms with Crippen LogP contribution >= 0.6 is 0 Å². The van der Waals surface area contributed by atoms with Crippen LogP contribution in [0.5, 0.6) is 0 Å². The van der Waals surface area contributed by atoms with Crippen molar-refractivity contribution in [1.29, 1.82) is 0 Å². The fourth-order valence-corrected chi connectivity index (χ4v) is 5.28. The third kappa shape index (κ3) is 4.30. The van der Waals surface area contributed by atoms with Crippen molar-refractivity contribution in [3.8, 4) is 0 Å². The van der Waals surface area contributed by atoms with Crippen LogP contribution < -0.4 is 4.90 Å². The summed E-state index contributed by atoms with van der Waals surface area (Å²) in [6, 6.07) is 9.35. The van der Waals surface area contributed by atoms with Crippen LogP contribution in [0.1, 0.15) is 11.1 Å². The minimum absolute atomic E-state index is 0.0942. The number of sulfonamides is 1. The van der Waals surface area contributed by atoms with Gasteiger partial charge in [-0.05, 0) is 42.0 Å². The van der Waals surface area contributed by atoms with Gasteiger partial charge < -0.3 is 15.0 Å². The number of halogens is 3. The molecule has 3 aromatic rings. The molecule has 0 radical (unpaired) electrons. The predicted molar refractivity (Wildman–Crippen MR) is 112 cm³/mol. The number of carboxylic acid groups (broad SMARTS) is 1. The highest BCUT2D eigenvalue weighted by atomic mass is 32.2. The molecule has 4 rings (SSSR count). The molecule has 2 aromatic carbocycles. The Labute approximate surface area is 182 Å². The van der Waals surface area contributed by atoms with E-state index >= 15 is 0 Å². The van der Waals surface area contributed by atoms with Gasteiger partial charge in [-0.3, -0.25) is 4.79 Å². The Bertz CT molecular complexity index is 1250. The fraction of sp³-hybridized carbons (Fsp3) is 0.286. The molecule has 7 nitrogen and oxygen atoms in total.